The molecule has 1 atom stereocenters. The van der Waals surface area contributed by atoms with E-state index in [2.05, 4.69) is 27.8 Å². The molecule has 1 unspecified atom stereocenters. The van der Waals surface area contributed by atoms with E-state index >= 15 is 0 Å². The van der Waals surface area contributed by atoms with Gasteiger partial charge in [-0.3, -0.25) is 4.99 Å². The number of nitrogens with zero attached hydrogens (tertiary/aromatic N) is 1. The summed E-state index contributed by atoms with van der Waals surface area (Å²) in [7, 11) is 6.71. The van der Waals surface area contributed by atoms with E-state index in [0.29, 0.717) is 30.5 Å². The van der Waals surface area contributed by atoms with E-state index in [-0.39, 0.29) is 6.10 Å². The highest BCUT2D eigenvalue weighted by Gasteiger charge is 2.11. The largest absolute Gasteiger partial charge is 0.493 e. The molecule has 6 heteroatoms. The van der Waals surface area contributed by atoms with Gasteiger partial charge in [0.25, 0.3) is 0 Å². The van der Waals surface area contributed by atoms with Crippen molar-refractivity contribution >= 4 is 5.96 Å². The van der Waals surface area contributed by atoms with Gasteiger partial charge >= 0.3 is 0 Å². The van der Waals surface area contributed by atoms with Crippen molar-refractivity contribution in [1.82, 2.24) is 10.6 Å². The number of hydrogen-bond acceptors (Lipinski definition) is 4. The molecule has 2 aromatic rings. The first kappa shape index (κ1) is 19.6. The minimum Gasteiger partial charge on any atom is -0.493 e. The maximum atomic E-state index is 5.57. The summed E-state index contributed by atoms with van der Waals surface area (Å²) in [6.45, 7) is 1.23. The van der Waals surface area contributed by atoms with Crippen molar-refractivity contribution in [2.24, 2.45) is 4.99 Å². The van der Waals surface area contributed by atoms with Crippen molar-refractivity contribution in [2.45, 2.75) is 12.6 Å². The molecular formula is C20H27N3O3. The minimum atomic E-state index is -0.0455. The second-order valence-electron chi connectivity index (χ2n) is 5.63. The van der Waals surface area contributed by atoms with Crippen LogP contribution in [0.1, 0.15) is 17.2 Å². The first-order valence-electron chi connectivity index (χ1n) is 8.45. The second-order valence-corrected chi connectivity index (χ2v) is 5.63. The fraction of sp³-hybridized carbons (Fsp3) is 0.350. The molecule has 2 N–H and O–H groups in total. The molecule has 26 heavy (non-hydrogen) atoms. The van der Waals surface area contributed by atoms with Crippen molar-refractivity contribution in [3.05, 3.63) is 59.7 Å². The monoisotopic (exact) mass is 357 g/mol. The van der Waals surface area contributed by atoms with Crippen LogP contribution < -0.4 is 20.1 Å². The highest BCUT2D eigenvalue weighted by atomic mass is 16.5. The lowest BCUT2D eigenvalue weighted by molar-refractivity contribution is 0.106. The van der Waals surface area contributed by atoms with Gasteiger partial charge in [0.1, 0.15) is 0 Å². The number of rotatable bonds is 8. The molecular weight excluding hydrogens is 330 g/mol. The van der Waals surface area contributed by atoms with Crippen LogP contribution in [-0.4, -0.2) is 40.9 Å². The molecule has 0 aliphatic heterocycles. The van der Waals surface area contributed by atoms with E-state index in [1.165, 1.54) is 0 Å². The molecule has 0 bridgehead atoms. The van der Waals surface area contributed by atoms with Gasteiger partial charge in [-0.1, -0.05) is 36.4 Å². The van der Waals surface area contributed by atoms with Gasteiger partial charge in [0.2, 0.25) is 0 Å². The SMILES string of the molecule is CN=C(NCc1ccc(OC)c(OC)c1)NCC(OC)c1ccccc1. The van der Waals surface area contributed by atoms with Crippen LogP contribution in [0.5, 0.6) is 11.5 Å². The van der Waals surface area contributed by atoms with Crippen LogP contribution in [0.2, 0.25) is 0 Å². The average Bonchev–Trinajstić information content (AvgIpc) is 2.71. The van der Waals surface area contributed by atoms with Crippen molar-refractivity contribution in [2.75, 3.05) is 34.9 Å². The zero-order chi connectivity index (χ0) is 18.8. The van der Waals surface area contributed by atoms with Crippen LogP contribution in [0, 0.1) is 0 Å². The number of hydrogen-bond donors (Lipinski definition) is 2. The van der Waals surface area contributed by atoms with Crippen molar-refractivity contribution in [3.63, 3.8) is 0 Å². The lowest BCUT2D eigenvalue weighted by Crippen LogP contribution is -2.39. The summed E-state index contributed by atoms with van der Waals surface area (Å²) in [6, 6.07) is 15.9. The number of guanidine groups is 1. The minimum absolute atomic E-state index is 0.0455. The maximum Gasteiger partial charge on any atom is 0.191 e. The quantitative estimate of drug-likeness (QED) is 0.562. The van der Waals surface area contributed by atoms with Gasteiger partial charge < -0.3 is 24.8 Å². The fourth-order valence-electron chi connectivity index (χ4n) is 2.59. The Kier molecular flexibility index (Phi) is 7.76. The summed E-state index contributed by atoms with van der Waals surface area (Å²) < 4.78 is 16.2. The number of methoxy groups -OCH3 is 3. The Morgan fingerprint density at radius 3 is 2.31 bits per heavy atom. The van der Waals surface area contributed by atoms with Crippen molar-refractivity contribution in [3.8, 4) is 11.5 Å². The van der Waals surface area contributed by atoms with Gasteiger partial charge in [-0.05, 0) is 23.3 Å². The molecule has 2 aromatic carbocycles. The third kappa shape index (κ3) is 5.39. The summed E-state index contributed by atoms with van der Waals surface area (Å²) in [6.07, 6.45) is -0.0455. The summed E-state index contributed by atoms with van der Waals surface area (Å²) in [4.78, 5) is 4.26. The van der Waals surface area contributed by atoms with Crippen molar-refractivity contribution in [1.29, 1.82) is 0 Å². The van der Waals surface area contributed by atoms with Crippen LogP contribution in [0.3, 0.4) is 0 Å². The molecule has 0 saturated heterocycles. The van der Waals surface area contributed by atoms with Gasteiger partial charge in [-0.15, -0.1) is 0 Å². The summed E-state index contributed by atoms with van der Waals surface area (Å²) in [5, 5.41) is 6.59. The van der Waals surface area contributed by atoms with Gasteiger partial charge in [0.05, 0.1) is 20.3 Å². The Morgan fingerprint density at radius 1 is 0.962 bits per heavy atom. The molecule has 6 nitrogen and oxygen atoms in total. The second kappa shape index (κ2) is 10.3. The smallest absolute Gasteiger partial charge is 0.191 e. The van der Waals surface area contributed by atoms with Crippen LogP contribution in [0.4, 0.5) is 0 Å². The molecule has 0 aliphatic carbocycles. The van der Waals surface area contributed by atoms with Crippen LogP contribution >= 0.6 is 0 Å². The lowest BCUT2D eigenvalue weighted by Gasteiger charge is -2.19. The lowest BCUT2D eigenvalue weighted by atomic mass is 10.1. The standard InChI is InChI=1S/C20H27N3O3/c1-21-20(23-14-19(26-4)16-8-6-5-7-9-16)22-13-15-10-11-17(24-2)18(12-15)25-3/h5-12,19H,13-14H2,1-4H3,(H2,21,22,23). The first-order valence-corrected chi connectivity index (χ1v) is 8.45. The zero-order valence-corrected chi connectivity index (χ0v) is 15.8. The molecule has 0 aliphatic rings. The summed E-state index contributed by atoms with van der Waals surface area (Å²) >= 11 is 0. The normalized spacial score (nSPS) is 12.4. The van der Waals surface area contributed by atoms with Gasteiger partial charge in [-0.25, -0.2) is 0 Å². The van der Waals surface area contributed by atoms with E-state index in [4.69, 9.17) is 14.2 Å². The van der Waals surface area contributed by atoms with Gasteiger partial charge in [-0.2, -0.15) is 0 Å². The van der Waals surface area contributed by atoms with Crippen LogP contribution in [-0.2, 0) is 11.3 Å². The Bertz CT molecular complexity index is 705. The zero-order valence-electron chi connectivity index (χ0n) is 15.8. The number of benzene rings is 2. The van der Waals surface area contributed by atoms with Gasteiger partial charge in [0, 0.05) is 27.2 Å². The predicted molar refractivity (Wildman–Crippen MR) is 104 cm³/mol. The predicted octanol–water partition coefficient (Wildman–Crippen LogP) is 2.76. The third-order valence-corrected chi connectivity index (χ3v) is 4.04. The van der Waals surface area contributed by atoms with E-state index in [1.807, 2.05) is 36.4 Å². The average molecular weight is 357 g/mol. The first-order chi connectivity index (χ1) is 12.7. The molecule has 0 amide bonds. The Hall–Kier alpha value is -2.73. The number of aliphatic imine (C=N–C) groups is 1. The molecule has 2 rings (SSSR count). The van der Waals surface area contributed by atoms with Crippen molar-refractivity contribution < 1.29 is 14.2 Å². The molecule has 0 radical (unpaired) electrons. The number of nitrogens with one attached hydrogen (secondary N) is 2. The Morgan fingerprint density at radius 2 is 1.69 bits per heavy atom. The van der Waals surface area contributed by atoms with Crippen LogP contribution in [0.25, 0.3) is 0 Å². The van der Waals surface area contributed by atoms with E-state index in [0.717, 1.165) is 11.1 Å². The summed E-state index contributed by atoms with van der Waals surface area (Å²) in [5.41, 5.74) is 2.19. The molecule has 0 fully saturated rings. The maximum absolute atomic E-state index is 5.57. The molecule has 0 heterocycles. The Balaban J connectivity index is 1.91. The van der Waals surface area contributed by atoms with Gasteiger partial charge in [0.15, 0.2) is 17.5 Å². The van der Waals surface area contributed by atoms with E-state index < -0.39 is 0 Å². The fourth-order valence-corrected chi connectivity index (χ4v) is 2.59. The summed E-state index contributed by atoms with van der Waals surface area (Å²) in [5.74, 6) is 2.13. The van der Waals surface area contributed by atoms with E-state index in [1.54, 1.807) is 28.4 Å². The Labute approximate surface area is 155 Å². The molecule has 0 spiro atoms. The highest BCUT2D eigenvalue weighted by Crippen LogP contribution is 2.27. The molecule has 0 aromatic heterocycles. The number of ether oxygens (including phenoxy) is 3. The third-order valence-electron chi connectivity index (χ3n) is 4.04. The topological polar surface area (TPSA) is 64.1 Å². The van der Waals surface area contributed by atoms with E-state index in [9.17, 15) is 0 Å². The van der Waals surface area contributed by atoms with Crippen LogP contribution in [0.15, 0.2) is 53.5 Å². The molecule has 140 valence electrons. The highest BCUT2D eigenvalue weighted by molar-refractivity contribution is 5.79. The molecule has 0 saturated carbocycles.